The van der Waals surface area contributed by atoms with Crippen LogP contribution in [0, 0.1) is 6.92 Å². The highest BCUT2D eigenvalue weighted by Gasteiger charge is 2.18. The molecule has 1 saturated heterocycles. The summed E-state index contributed by atoms with van der Waals surface area (Å²) in [6.45, 7) is 6.88. The largest absolute Gasteiger partial charge is 0.369 e. The molecule has 3 aromatic rings. The predicted octanol–water partition coefficient (Wildman–Crippen LogP) is 3.69. The average Bonchev–Trinajstić information content (AvgIpc) is 2.73. The molecule has 0 radical (unpaired) electrons. The van der Waals surface area contributed by atoms with Gasteiger partial charge in [0.1, 0.15) is 0 Å². The highest BCUT2D eigenvalue weighted by atomic mass is 16.1. The molecule has 1 amide bonds. The topological polar surface area (TPSA) is 48.5 Å². The number of benzene rings is 2. The fraction of sp³-hybridized carbons (Fsp3) is 0.304. The van der Waals surface area contributed by atoms with Crippen molar-refractivity contribution in [1.29, 1.82) is 0 Å². The van der Waals surface area contributed by atoms with Gasteiger partial charge in [0.15, 0.2) is 0 Å². The number of fused-ring (bicyclic) bond motifs is 1. The third-order valence-electron chi connectivity index (χ3n) is 5.30. The lowest BCUT2D eigenvalue weighted by atomic mass is 10.2. The van der Waals surface area contributed by atoms with E-state index in [1.807, 2.05) is 30.3 Å². The van der Waals surface area contributed by atoms with Crippen LogP contribution in [-0.4, -0.2) is 48.5 Å². The van der Waals surface area contributed by atoms with Crippen molar-refractivity contribution in [1.82, 2.24) is 9.88 Å². The molecule has 0 atom stereocenters. The third-order valence-corrected chi connectivity index (χ3v) is 5.30. The molecule has 1 aliphatic heterocycles. The molecule has 5 heteroatoms. The molecule has 2 heterocycles. The van der Waals surface area contributed by atoms with Crippen LogP contribution in [0.4, 0.5) is 11.4 Å². The number of nitrogens with one attached hydrogen (secondary N) is 1. The monoisotopic (exact) mass is 374 g/mol. The van der Waals surface area contributed by atoms with Gasteiger partial charge in [-0.05, 0) is 36.8 Å². The SMILES string of the molecule is Cc1cccc(N2CCN(CCC(=O)Nc3cccc4cccnc34)CC2)c1. The number of anilines is 2. The molecule has 0 aliphatic carbocycles. The Labute approximate surface area is 166 Å². The van der Waals surface area contributed by atoms with E-state index in [4.69, 9.17) is 0 Å². The minimum absolute atomic E-state index is 0.0410. The van der Waals surface area contributed by atoms with E-state index in [1.54, 1.807) is 6.20 Å². The van der Waals surface area contributed by atoms with Gasteiger partial charge in [-0.15, -0.1) is 0 Å². The quantitative estimate of drug-likeness (QED) is 0.740. The van der Waals surface area contributed by atoms with E-state index in [2.05, 4.69) is 51.3 Å². The van der Waals surface area contributed by atoms with Gasteiger partial charge in [-0.25, -0.2) is 0 Å². The summed E-state index contributed by atoms with van der Waals surface area (Å²) in [4.78, 5) is 21.6. The lowest BCUT2D eigenvalue weighted by Gasteiger charge is -2.36. The van der Waals surface area contributed by atoms with Gasteiger partial charge in [0.05, 0.1) is 11.2 Å². The predicted molar refractivity (Wildman–Crippen MR) is 115 cm³/mol. The highest BCUT2D eigenvalue weighted by molar-refractivity contribution is 6.00. The van der Waals surface area contributed by atoms with Gasteiger partial charge < -0.3 is 10.2 Å². The molecule has 0 spiro atoms. The van der Waals surface area contributed by atoms with Gasteiger partial charge in [-0.2, -0.15) is 0 Å². The molecule has 144 valence electrons. The lowest BCUT2D eigenvalue weighted by molar-refractivity contribution is -0.116. The van der Waals surface area contributed by atoms with Gasteiger partial charge in [-0.1, -0.05) is 30.3 Å². The Morgan fingerprint density at radius 1 is 1.04 bits per heavy atom. The summed E-state index contributed by atoms with van der Waals surface area (Å²) in [5, 5.41) is 4.06. The van der Waals surface area contributed by atoms with Crippen LogP contribution in [0.15, 0.2) is 60.8 Å². The molecule has 1 fully saturated rings. The minimum atomic E-state index is 0.0410. The van der Waals surface area contributed by atoms with Crippen molar-refractivity contribution in [3.8, 4) is 0 Å². The number of amides is 1. The second kappa shape index (κ2) is 8.40. The Hall–Kier alpha value is -2.92. The van der Waals surface area contributed by atoms with Crippen molar-refractivity contribution in [3.63, 3.8) is 0 Å². The summed E-state index contributed by atoms with van der Waals surface area (Å²) in [7, 11) is 0. The van der Waals surface area contributed by atoms with E-state index in [9.17, 15) is 4.79 Å². The maximum Gasteiger partial charge on any atom is 0.225 e. The Bertz CT molecular complexity index is 958. The van der Waals surface area contributed by atoms with E-state index in [-0.39, 0.29) is 5.91 Å². The van der Waals surface area contributed by atoms with Crippen molar-refractivity contribution < 1.29 is 4.79 Å². The van der Waals surface area contributed by atoms with E-state index in [1.165, 1.54) is 11.3 Å². The van der Waals surface area contributed by atoms with Crippen molar-refractivity contribution in [3.05, 3.63) is 66.4 Å². The first kappa shape index (κ1) is 18.4. The van der Waals surface area contributed by atoms with Crippen LogP contribution in [0.2, 0.25) is 0 Å². The van der Waals surface area contributed by atoms with Gasteiger partial charge in [0.2, 0.25) is 5.91 Å². The van der Waals surface area contributed by atoms with E-state index >= 15 is 0 Å². The summed E-state index contributed by atoms with van der Waals surface area (Å²) < 4.78 is 0. The number of hydrogen-bond donors (Lipinski definition) is 1. The molecule has 1 N–H and O–H groups in total. The van der Waals surface area contributed by atoms with Gasteiger partial charge in [0.25, 0.3) is 0 Å². The molecule has 0 unspecified atom stereocenters. The Balaban J connectivity index is 1.28. The number of carbonyl (C=O) groups is 1. The molecule has 0 saturated carbocycles. The zero-order valence-electron chi connectivity index (χ0n) is 16.3. The van der Waals surface area contributed by atoms with E-state index in [0.717, 1.165) is 49.3 Å². The Kier molecular flexibility index (Phi) is 5.53. The number of aromatic nitrogens is 1. The maximum atomic E-state index is 12.4. The molecule has 0 bridgehead atoms. The van der Waals surface area contributed by atoms with E-state index < -0.39 is 0 Å². The highest BCUT2D eigenvalue weighted by Crippen LogP contribution is 2.21. The number of nitrogens with zero attached hydrogens (tertiary/aromatic N) is 3. The molecule has 1 aromatic heterocycles. The van der Waals surface area contributed by atoms with Crippen LogP contribution >= 0.6 is 0 Å². The Morgan fingerprint density at radius 3 is 2.64 bits per heavy atom. The number of hydrogen-bond acceptors (Lipinski definition) is 4. The summed E-state index contributed by atoms with van der Waals surface area (Å²) >= 11 is 0. The van der Waals surface area contributed by atoms with Gasteiger partial charge in [0, 0.05) is 56.4 Å². The number of pyridine rings is 1. The molecule has 2 aromatic carbocycles. The number of carbonyl (C=O) groups excluding carboxylic acids is 1. The summed E-state index contributed by atoms with van der Waals surface area (Å²) in [6.07, 6.45) is 2.25. The van der Waals surface area contributed by atoms with Crippen molar-refractivity contribution in [2.45, 2.75) is 13.3 Å². The third kappa shape index (κ3) is 4.31. The van der Waals surface area contributed by atoms with Crippen LogP contribution in [0.5, 0.6) is 0 Å². The first-order chi connectivity index (χ1) is 13.7. The van der Waals surface area contributed by atoms with Crippen LogP contribution in [0.25, 0.3) is 10.9 Å². The van der Waals surface area contributed by atoms with Crippen LogP contribution in [0.1, 0.15) is 12.0 Å². The van der Waals surface area contributed by atoms with Crippen molar-refractivity contribution in [2.75, 3.05) is 42.9 Å². The number of para-hydroxylation sites is 1. The van der Waals surface area contributed by atoms with Crippen molar-refractivity contribution in [2.24, 2.45) is 0 Å². The second-order valence-corrected chi connectivity index (χ2v) is 7.35. The van der Waals surface area contributed by atoms with E-state index in [0.29, 0.717) is 6.42 Å². The number of rotatable bonds is 5. The van der Waals surface area contributed by atoms with Crippen molar-refractivity contribution >= 4 is 28.2 Å². The minimum Gasteiger partial charge on any atom is -0.369 e. The molecular weight excluding hydrogens is 348 g/mol. The smallest absolute Gasteiger partial charge is 0.225 e. The summed E-state index contributed by atoms with van der Waals surface area (Å²) in [5.74, 6) is 0.0410. The number of piperazine rings is 1. The second-order valence-electron chi connectivity index (χ2n) is 7.35. The zero-order valence-corrected chi connectivity index (χ0v) is 16.3. The lowest BCUT2D eigenvalue weighted by Crippen LogP contribution is -2.47. The molecule has 28 heavy (non-hydrogen) atoms. The summed E-state index contributed by atoms with van der Waals surface area (Å²) in [5.41, 5.74) is 4.21. The zero-order chi connectivity index (χ0) is 19.3. The van der Waals surface area contributed by atoms with Crippen LogP contribution < -0.4 is 10.2 Å². The van der Waals surface area contributed by atoms with Crippen LogP contribution in [-0.2, 0) is 4.79 Å². The Morgan fingerprint density at radius 2 is 1.82 bits per heavy atom. The summed E-state index contributed by atoms with van der Waals surface area (Å²) in [6, 6.07) is 18.4. The molecule has 1 aliphatic rings. The molecule has 4 rings (SSSR count). The van der Waals surface area contributed by atoms with Gasteiger partial charge in [-0.3, -0.25) is 14.7 Å². The fourth-order valence-electron chi connectivity index (χ4n) is 3.73. The maximum absolute atomic E-state index is 12.4. The first-order valence-corrected chi connectivity index (χ1v) is 9.86. The first-order valence-electron chi connectivity index (χ1n) is 9.86. The molecular formula is C23H26N4O. The van der Waals surface area contributed by atoms with Crippen LogP contribution in [0.3, 0.4) is 0 Å². The average molecular weight is 374 g/mol. The molecule has 5 nitrogen and oxygen atoms in total. The van der Waals surface area contributed by atoms with Gasteiger partial charge >= 0.3 is 0 Å². The number of aryl methyl sites for hydroxylation is 1. The fourth-order valence-corrected chi connectivity index (χ4v) is 3.73. The standard InChI is InChI=1S/C23H26N4O/c1-18-5-2-8-20(17-18)27-15-13-26(14-16-27)12-10-22(28)25-21-9-3-6-19-7-4-11-24-23(19)21/h2-9,11,17H,10,12-16H2,1H3,(H,25,28). The normalized spacial score (nSPS) is 15.0.